The van der Waals surface area contributed by atoms with Crippen molar-refractivity contribution >= 4 is 11.8 Å². The molecule has 0 N–H and O–H groups in total. The van der Waals surface area contributed by atoms with Crippen molar-refractivity contribution < 1.29 is 4.42 Å². The fourth-order valence-corrected chi connectivity index (χ4v) is 0.701. The van der Waals surface area contributed by atoms with E-state index in [0.717, 1.165) is 5.57 Å². The van der Waals surface area contributed by atoms with Crippen molar-refractivity contribution in [1.82, 2.24) is 10.4 Å². The van der Waals surface area contributed by atoms with Gasteiger partial charge in [0.2, 0.25) is 5.89 Å². The van der Waals surface area contributed by atoms with Crippen LogP contribution in [0.4, 0.5) is 0 Å². The number of aromatic nitrogens is 1. The molecule has 0 amide bonds. The van der Waals surface area contributed by atoms with Crippen LogP contribution in [0.1, 0.15) is 5.89 Å². The SMILES string of the molecule is C1=N[N]C=C1c1ncco1. The molecule has 4 nitrogen and oxygen atoms in total. The van der Waals surface area contributed by atoms with E-state index in [-0.39, 0.29) is 0 Å². The first kappa shape index (κ1) is 5.22. The van der Waals surface area contributed by atoms with Crippen LogP contribution < -0.4 is 5.43 Å². The Morgan fingerprint density at radius 3 is 3.00 bits per heavy atom. The summed E-state index contributed by atoms with van der Waals surface area (Å²) < 4.78 is 4.99. The maximum absolute atomic E-state index is 4.99. The van der Waals surface area contributed by atoms with Gasteiger partial charge in [0.05, 0.1) is 24.2 Å². The second kappa shape index (κ2) is 1.98. The van der Waals surface area contributed by atoms with Crippen molar-refractivity contribution in [1.29, 1.82) is 0 Å². The second-order valence-corrected chi connectivity index (χ2v) is 1.78. The van der Waals surface area contributed by atoms with Gasteiger partial charge in [-0.15, -0.1) is 0 Å². The van der Waals surface area contributed by atoms with E-state index in [2.05, 4.69) is 15.5 Å². The van der Waals surface area contributed by atoms with Gasteiger partial charge in [-0.1, -0.05) is 0 Å². The third-order valence-corrected chi connectivity index (χ3v) is 1.14. The van der Waals surface area contributed by atoms with E-state index < -0.39 is 0 Å². The van der Waals surface area contributed by atoms with Crippen LogP contribution in [-0.4, -0.2) is 11.2 Å². The zero-order chi connectivity index (χ0) is 6.81. The summed E-state index contributed by atoms with van der Waals surface area (Å²) in [4.78, 5) is 3.91. The molecule has 0 saturated carbocycles. The molecule has 4 heteroatoms. The average Bonchev–Trinajstić information content (AvgIpc) is 2.59. The van der Waals surface area contributed by atoms with Crippen LogP contribution in [0.15, 0.2) is 28.2 Å². The van der Waals surface area contributed by atoms with Crippen LogP contribution in [0.25, 0.3) is 5.57 Å². The molecular formula is C6H4N3O. The molecule has 0 aromatic carbocycles. The zero-order valence-corrected chi connectivity index (χ0v) is 5.06. The van der Waals surface area contributed by atoms with Gasteiger partial charge in [-0.3, -0.25) is 0 Å². The predicted molar refractivity (Wildman–Crippen MR) is 35.1 cm³/mol. The van der Waals surface area contributed by atoms with Gasteiger partial charge in [0.15, 0.2) is 0 Å². The molecule has 0 spiro atoms. The normalized spacial score (nSPS) is 15.0. The maximum Gasteiger partial charge on any atom is 0.229 e. The van der Waals surface area contributed by atoms with Gasteiger partial charge in [0, 0.05) is 0 Å². The molecule has 1 aliphatic heterocycles. The van der Waals surface area contributed by atoms with Crippen molar-refractivity contribution in [2.24, 2.45) is 5.10 Å². The van der Waals surface area contributed by atoms with Crippen LogP contribution in [0.3, 0.4) is 0 Å². The standard InChI is InChI=1S/C6H4N3O/c1-2-10-6(7-1)5-3-8-9-4-5/h1-4H. The molecule has 1 aliphatic rings. The molecule has 1 aromatic rings. The first-order valence-electron chi connectivity index (χ1n) is 2.80. The Kier molecular flexibility index (Phi) is 1.04. The summed E-state index contributed by atoms with van der Waals surface area (Å²) in [6.45, 7) is 0. The third kappa shape index (κ3) is 0.699. The van der Waals surface area contributed by atoms with Gasteiger partial charge in [-0.05, 0) is 0 Å². The summed E-state index contributed by atoms with van der Waals surface area (Å²) in [5, 5.41) is 3.63. The lowest BCUT2D eigenvalue weighted by Crippen LogP contribution is -1.80. The number of rotatable bonds is 1. The largest absolute Gasteiger partial charge is 0.444 e. The highest BCUT2D eigenvalue weighted by molar-refractivity contribution is 6.08. The summed E-state index contributed by atoms with van der Waals surface area (Å²) in [5.74, 6) is 0.560. The number of hydrogen-bond acceptors (Lipinski definition) is 3. The minimum Gasteiger partial charge on any atom is -0.444 e. The van der Waals surface area contributed by atoms with Crippen LogP contribution in [0.5, 0.6) is 0 Å². The van der Waals surface area contributed by atoms with Crippen molar-refractivity contribution in [3.63, 3.8) is 0 Å². The Hall–Kier alpha value is -1.58. The summed E-state index contributed by atoms with van der Waals surface area (Å²) >= 11 is 0. The summed E-state index contributed by atoms with van der Waals surface area (Å²) in [6, 6.07) is 0. The van der Waals surface area contributed by atoms with E-state index in [1.807, 2.05) is 0 Å². The zero-order valence-electron chi connectivity index (χ0n) is 5.06. The van der Waals surface area contributed by atoms with E-state index in [9.17, 15) is 0 Å². The van der Waals surface area contributed by atoms with Crippen LogP contribution in [-0.2, 0) is 0 Å². The quantitative estimate of drug-likeness (QED) is 0.565. The summed E-state index contributed by atoms with van der Waals surface area (Å²) in [5.41, 5.74) is 4.44. The summed E-state index contributed by atoms with van der Waals surface area (Å²) in [7, 11) is 0. The second-order valence-electron chi connectivity index (χ2n) is 1.78. The van der Waals surface area contributed by atoms with Gasteiger partial charge >= 0.3 is 0 Å². The first-order valence-corrected chi connectivity index (χ1v) is 2.80. The van der Waals surface area contributed by atoms with Crippen molar-refractivity contribution in [3.8, 4) is 0 Å². The first-order chi connectivity index (χ1) is 4.97. The van der Waals surface area contributed by atoms with Gasteiger partial charge in [0.1, 0.15) is 6.26 Å². The molecule has 10 heavy (non-hydrogen) atoms. The summed E-state index contributed by atoms with van der Waals surface area (Å²) in [6.07, 6.45) is 6.31. The number of nitrogens with zero attached hydrogens (tertiary/aromatic N) is 3. The fourth-order valence-electron chi connectivity index (χ4n) is 0.701. The van der Waals surface area contributed by atoms with Crippen LogP contribution in [0.2, 0.25) is 0 Å². The molecule has 1 radical (unpaired) electrons. The lowest BCUT2D eigenvalue weighted by atomic mass is 10.3. The Bertz CT molecular complexity index is 273. The maximum atomic E-state index is 4.99. The van der Waals surface area contributed by atoms with E-state index in [1.54, 1.807) is 18.6 Å². The van der Waals surface area contributed by atoms with Crippen molar-refractivity contribution in [2.75, 3.05) is 0 Å². The van der Waals surface area contributed by atoms with Crippen molar-refractivity contribution in [3.05, 3.63) is 24.6 Å². The van der Waals surface area contributed by atoms with Gasteiger partial charge in [0.25, 0.3) is 0 Å². The van der Waals surface area contributed by atoms with E-state index in [0.29, 0.717) is 5.89 Å². The minimum absolute atomic E-state index is 0.560. The number of allylic oxidation sites excluding steroid dienone is 1. The van der Waals surface area contributed by atoms with E-state index in [1.165, 1.54) is 6.26 Å². The number of hydrogen-bond donors (Lipinski definition) is 0. The molecule has 0 bridgehead atoms. The highest BCUT2D eigenvalue weighted by Crippen LogP contribution is 2.10. The molecule has 0 fully saturated rings. The van der Waals surface area contributed by atoms with Crippen LogP contribution >= 0.6 is 0 Å². The monoisotopic (exact) mass is 134 g/mol. The van der Waals surface area contributed by atoms with Crippen LogP contribution in [0, 0.1) is 0 Å². The molecule has 0 saturated heterocycles. The topological polar surface area (TPSA) is 52.5 Å². The molecule has 0 aliphatic carbocycles. The predicted octanol–water partition coefficient (Wildman–Crippen LogP) is 0.619. The fraction of sp³-hybridized carbons (Fsp3) is 0. The van der Waals surface area contributed by atoms with Gasteiger partial charge in [-0.2, -0.15) is 10.5 Å². The lowest BCUT2D eigenvalue weighted by molar-refractivity contribution is 0.544. The Morgan fingerprint density at radius 2 is 2.40 bits per heavy atom. The van der Waals surface area contributed by atoms with E-state index in [4.69, 9.17) is 4.42 Å². The Balaban J connectivity index is 2.36. The van der Waals surface area contributed by atoms with E-state index >= 15 is 0 Å². The highest BCUT2D eigenvalue weighted by Gasteiger charge is 2.06. The lowest BCUT2D eigenvalue weighted by Gasteiger charge is -1.84. The number of oxazole rings is 1. The molecule has 0 unspecified atom stereocenters. The molecule has 49 valence electrons. The third-order valence-electron chi connectivity index (χ3n) is 1.14. The average molecular weight is 134 g/mol. The Morgan fingerprint density at radius 1 is 1.40 bits per heavy atom. The minimum atomic E-state index is 0.560. The van der Waals surface area contributed by atoms with Crippen molar-refractivity contribution in [2.45, 2.75) is 0 Å². The molecular weight excluding hydrogens is 130 g/mol. The highest BCUT2D eigenvalue weighted by atomic mass is 16.3. The van der Waals surface area contributed by atoms with Gasteiger partial charge in [-0.25, -0.2) is 4.98 Å². The molecule has 1 aromatic heterocycles. The molecule has 2 rings (SSSR count). The van der Waals surface area contributed by atoms with Gasteiger partial charge < -0.3 is 4.42 Å². The molecule has 2 heterocycles. The Labute approximate surface area is 57.3 Å². The molecule has 0 atom stereocenters. The smallest absolute Gasteiger partial charge is 0.229 e.